The number of methoxy groups -OCH3 is 1. The smallest absolute Gasteiger partial charge is 0.417 e. The molecule has 1 aliphatic heterocycles. The van der Waals surface area contributed by atoms with E-state index < -0.39 is 11.7 Å². The zero-order valence-corrected chi connectivity index (χ0v) is 17.3. The highest BCUT2D eigenvalue weighted by atomic mass is 32.1. The zero-order chi connectivity index (χ0) is 21.5. The number of rotatable bonds is 4. The first-order chi connectivity index (χ1) is 14.3. The molecule has 4 heterocycles. The van der Waals surface area contributed by atoms with Gasteiger partial charge in [-0.05, 0) is 37.5 Å². The van der Waals surface area contributed by atoms with Gasteiger partial charge in [-0.3, -0.25) is 4.79 Å². The zero-order valence-electron chi connectivity index (χ0n) is 16.5. The number of thiophene rings is 1. The maximum Gasteiger partial charge on any atom is 0.417 e. The Balaban J connectivity index is 1.67. The molecule has 1 saturated heterocycles. The molecule has 0 radical (unpaired) electrons. The molecule has 0 N–H and O–H groups in total. The summed E-state index contributed by atoms with van der Waals surface area (Å²) in [5.74, 6) is -0.524. The molecule has 10 heteroatoms. The van der Waals surface area contributed by atoms with Crippen LogP contribution in [0.4, 0.5) is 13.2 Å². The van der Waals surface area contributed by atoms with Crippen LogP contribution >= 0.6 is 11.3 Å². The number of hydrogen-bond acceptors (Lipinski definition) is 6. The van der Waals surface area contributed by atoms with Crippen molar-refractivity contribution in [1.29, 1.82) is 0 Å². The quantitative estimate of drug-likeness (QED) is 0.579. The molecule has 0 spiro atoms. The standard InChI is InChI=1S/C20H20F3N3O3S/c1-3-12-9-13(20(21,22)23)16-17(25-29-18(16)24-12)11-5-4-8-26(10-11)19(27)14-6-7-15(28-2)30-14/h6-7,9,11H,3-5,8,10H2,1-2H3/t11-/m0/s1. The molecular formula is C20H20F3N3O3S. The molecule has 1 amide bonds. The SMILES string of the molecule is CCc1cc(C(F)(F)F)c2c([C@H]3CCCN(C(=O)c4ccc(OC)s4)C3)noc2n1. The Bertz CT molecular complexity index is 1080. The Kier molecular flexibility index (Phi) is 5.44. The number of likely N-dealkylation sites (tertiary alicyclic amines) is 1. The van der Waals surface area contributed by atoms with Crippen molar-refractivity contribution >= 4 is 28.3 Å². The lowest BCUT2D eigenvalue weighted by atomic mass is 9.91. The van der Waals surface area contributed by atoms with E-state index >= 15 is 0 Å². The molecule has 6 nitrogen and oxygen atoms in total. The van der Waals surface area contributed by atoms with Crippen molar-refractivity contribution in [3.05, 3.63) is 40.0 Å². The molecule has 1 atom stereocenters. The van der Waals surface area contributed by atoms with Gasteiger partial charge in [-0.1, -0.05) is 23.4 Å². The van der Waals surface area contributed by atoms with E-state index in [4.69, 9.17) is 9.26 Å². The van der Waals surface area contributed by atoms with E-state index in [-0.39, 0.29) is 35.2 Å². The lowest BCUT2D eigenvalue weighted by molar-refractivity contribution is -0.136. The first-order valence-corrected chi connectivity index (χ1v) is 10.4. The fourth-order valence-corrected chi connectivity index (χ4v) is 4.58. The van der Waals surface area contributed by atoms with E-state index in [1.807, 2.05) is 0 Å². The molecule has 3 aromatic rings. The molecule has 1 aliphatic rings. The third-order valence-electron chi connectivity index (χ3n) is 5.28. The van der Waals surface area contributed by atoms with E-state index in [9.17, 15) is 18.0 Å². The van der Waals surface area contributed by atoms with Gasteiger partial charge in [0.05, 0.1) is 28.6 Å². The first kappa shape index (κ1) is 20.6. The van der Waals surface area contributed by atoms with Gasteiger partial charge in [-0.2, -0.15) is 13.2 Å². The molecule has 0 unspecified atom stereocenters. The average Bonchev–Trinajstić information content (AvgIpc) is 3.38. The summed E-state index contributed by atoms with van der Waals surface area (Å²) in [6.07, 6.45) is -2.92. The van der Waals surface area contributed by atoms with Crippen LogP contribution in [0.3, 0.4) is 0 Å². The third kappa shape index (κ3) is 3.76. The van der Waals surface area contributed by atoms with E-state index in [2.05, 4.69) is 10.1 Å². The van der Waals surface area contributed by atoms with Crippen molar-refractivity contribution in [1.82, 2.24) is 15.0 Å². The molecular weight excluding hydrogens is 419 g/mol. The summed E-state index contributed by atoms with van der Waals surface area (Å²) in [7, 11) is 1.53. The van der Waals surface area contributed by atoms with Crippen LogP contribution in [-0.4, -0.2) is 41.1 Å². The van der Waals surface area contributed by atoms with Crippen molar-refractivity contribution in [3.63, 3.8) is 0 Å². The summed E-state index contributed by atoms with van der Waals surface area (Å²) in [5.41, 5.74) is -0.381. The Labute approximate surface area is 174 Å². The van der Waals surface area contributed by atoms with E-state index in [1.54, 1.807) is 24.0 Å². The largest absolute Gasteiger partial charge is 0.487 e. The Hall–Kier alpha value is -2.62. The van der Waals surface area contributed by atoms with Crippen molar-refractivity contribution in [2.24, 2.45) is 0 Å². The number of hydrogen-bond donors (Lipinski definition) is 0. The summed E-state index contributed by atoms with van der Waals surface area (Å²) in [5, 5.41) is 4.49. The second kappa shape index (κ2) is 7.90. The molecule has 0 aromatic carbocycles. The summed E-state index contributed by atoms with van der Waals surface area (Å²) in [4.78, 5) is 19.2. The minimum atomic E-state index is -4.55. The number of carbonyl (C=O) groups excluding carboxylic acids is 1. The lowest BCUT2D eigenvalue weighted by Gasteiger charge is -2.31. The number of halogens is 3. The highest BCUT2D eigenvalue weighted by Crippen LogP contribution is 2.40. The van der Waals surface area contributed by atoms with Crippen LogP contribution in [0.25, 0.3) is 11.1 Å². The van der Waals surface area contributed by atoms with Crippen LogP contribution in [0.15, 0.2) is 22.7 Å². The number of ether oxygens (including phenoxy) is 1. The van der Waals surface area contributed by atoms with Crippen LogP contribution in [0.2, 0.25) is 0 Å². The van der Waals surface area contributed by atoms with Gasteiger partial charge >= 0.3 is 6.18 Å². The Morgan fingerprint density at radius 1 is 1.40 bits per heavy atom. The number of alkyl halides is 3. The van der Waals surface area contributed by atoms with Crippen molar-refractivity contribution in [2.75, 3.05) is 20.2 Å². The number of aromatic nitrogens is 2. The molecule has 30 heavy (non-hydrogen) atoms. The minimum absolute atomic E-state index is 0.100. The molecule has 160 valence electrons. The monoisotopic (exact) mass is 439 g/mol. The second-order valence-electron chi connectivity index (χ2n) is 7.17. The number of aryl methyl sites for hydroxylation is 1. The van der Waals surface area contributed by atoms with Gasteiger partial charge in [0.25, 0.3) is 11.6 Å². The van der Waals surface area contributed by atoms with E-state index in [0.29, 0.717) is 41.4 Å². The van der Waals surface area contributed by atoms with Crippen LogP contribution in [-0.2, 0) is 12.6 Å². The molecule has 0 aliphatic carbocycles. The van der Waals surface area contributed by atoms with Crippen molar-refractivity contribution in [3.8, 4) is 5.06 Å². The fraction of sp³-hybridized carbons (Fsp3) is 0.450. The molecule has 3 aromatic heterocycles. The first-order valence-electron chi connectivity index (χ1n) is 9.61. The molecule has 4 rings (SSSR count). The minimum Gasteiger partial charge on any atom is -0.487 e. The number of nitrogens with zero attached hydrogens (tertiary/aromatic N) is 3. The highest BCUT2D eigenvalue weighted by molar-refractivity contribution is 7.15. The van der Waals surface area contributed by atoms with Crippen LogP contribution in [0, 0.1) is 0 Å². The van der Waals surface area contributed by atoms with Crippen LogP contribution < -0.4 is 4.74 Å². The molecule has 0 bridgehead atoms. The molecule has 0 saturated carbocycles. The third-order valence-corrected chi connectivity index (χ3v) is 6.32. The predicted octanol–water partition coefficient (Wildman–Crippen LogP) is 4.89. The normalized spacial score (nSPS) is 17.5. The second-order valence-corrected chi connectivity index (χ2v) is 8.22. The Morgan fingerprint density at radius 2 is 2.20 bits per heavy atom. The summed E-state index contributed by atoms with van der Waals surface area (Å²) in [6, 6.07) is 4.47. The highest BCUT2D eigenvalue weighted by Gasteiger charge is 2.38. The van der Waals surface area contributed by atoms with E-state index in [0.717, 1.165) is 6.07 Å². The van der Waals surface area contributed by atoms with Gasteiger partial charge in [0, 0.05) is 24.7 Å². The number of piperidine rings is 1. The van der Waals surface area contributed by atoms with Crippen LogP contribution in [0.5, 0.6) is 5.06 Å². The van der Waals surface area contributed by atoms with Gasteiger partial charge < -0.3 is 14.2 Å². The van der Waals surface area contributed by atoms with Gasteiger partial charge in [0.2, 0.25) is 0 Å². The maximum atomic E-state index is 13.7. The topological polar surface area (TPSA) is 68.5 Å². The van der Waals surface area contributed by atoms with Gasteiger partial charge in [0.15, 0.2) is 5.06 Å². The van der Waals surface area contributed by atoms with Gasteiger partial charge in [-0.15, -0.1) is 0 Å². The summed E-state index contributed by atoms with van der Waals surface area (Å²) in [6.45, 7) is 2.54. The van der Waals surface area contributed by atoms with E-state index in [1.165, 1.54) is 18.4 Å². The van der Waals surface area contributed by atoms with Gasteiger partial charge in [-0.25, -0.2) is 4.98 Å². The van der Waals surface area contributed by atoms with Crippen LogP contribution in [0.1, 0.15) is 52.3 Å². The average molecular weight is 439 g/mol. The number of carbonyl (C=O) groups is 1. The number of amides is 1. The number of pyridine rings is 1. The maximum absolute atomic E-state index is 13.7. The lowest BCUT2D eigenvalue weighted by Crippen LogP contribution is -2.39. The van der Waals surface area contributed by atoms with Crippen molar-refractivity contribution in [2.45, 2.75) is 38.3 Å². The summed E-state index contributed by atoms with van der Waals surface area (Å²) >= 11 is 1.24. The predicted molar refractivity (Wildman–Crippen MR) is 105 cm³/mol. The number of fused-ring (bicyclic) bond motifs is 1. The summed E-state index contributed by atoms with van der Waals surface area (Å²) < 4.78 is 51.6. The van der Waals surface area contributed by atoms with Gasteiger partial charge in [0.1, 0.15) is 0 Å². The fourth-order valence-electron chi connectivity index (χ4n) is 3.79. The van der Waals surface area contributed by atoms with Crippen molar-refractivity contribution < 1.29 is 27.2 Å². The Morgan fingerprint density at radius 3 is 2.87 bits per heavy atom. The molecule has 1 fully saturated rings.